The van der Waals surface area contributed by atoms with Crippen LogP contribution in [0, 0.1) is 52.4 Å². The van der Waals surface area contributed by atoms with E-state index >= 15 is 0 Å². The number of ether oxygens (including phenoxy) is 2. The van der Waals surface area contributed by atoms with Gasteiger partial charge in [-0.15, -0.1) is 0 Å². The number of hydrogen-bond donors (Lipinski definition) is 0. The standard InChI is InChI=1S/C8H3F5O2.C8H4F4O2.2C3H8.C2H6/c1-2(14)15-8-6(12)4(10)3(9)5(11)7(8)13;1-3(13)14-8-6(11)4(9)2-5(10)7(8)12;2*1-3-2;1-2/h1H3;2H,1H3;2*3H2,1-2H3;1-2H3. The first kappa shape index (κ1) is 38.3. The van der Waals surface area contributed by atoms with Crippen molar-refractivity contribution in [3.05, 3.63) is 58.4 Å². The van der Waals surface area contributed by atoms with E-state index in [0.29, 0.717) is 0 Å². The van der Waals surface area contributed by atoms with Gasteiger partial charge in [0.15, 0.2) is 11.6 Å². The van der Waals surface area contributed by atoms with Crippen LogP contribution in [0.4, 0.5) is 39.5 Å². The summed E-state index contributed by atoms with van der Waals surface area (Å²) in [5.41, 5.74) is 0. The Balaban J connectivity index is -0.000000488. The van der Waals surface area contributed by atoms with Gasteiger partial charge in [-0.2, -0.15) is 17.6 Å². The van der Waals surface area contributed by atoms with Crippen molar-refractivity contribution in [2.45, 2.75) is 68.2 Å². The van der Waals surface area contributed by atoms with Gasteiger partial charge in [-0.3, -0.25) is 9.59 Å². The quantitative estimate of drug-likeness (QED) is 0.124. The molecule has 0 fully saturated rings. The maximum atomic E-state index is 12.8. The van der Waals surface area contributed by atoms with Crippen molar-refractivity contribution in [2.24, 2.45) is 0 Å². The van der Waals surface area contributed by atoms with Crippen LogP contribution < -0.4 is 9.47 Å². The Morgan fingerprint density at radius 2 is 0.757 bits per heavy atom. The predicted octanol–water partition coefficient (Wildman–Crippen LogP) is 8.33. The van der Waals surface area contributed by atoms with Crippen LogP contribution in [0.5, 0.6) is 11.5 Å². The number of esters is 2. The van der Waals surface area contributed by atoms with Crippen LogP contribution in [-0.2, 0) is 9.59 Å². The second-order valence-corrected chi connectivity index (χ2v) is 6.30. The average molecular weight is 552 g/mol. The molecule has 0 unspecified atom stereocenters. The van der Waals surface area contributed by atoms with E-state index in [-0.39, 0.29) is 6.07 Å². The molecule has 0 aromatic heterocycles. The van der Waals surface area contributed by atoms with Gasteiger partial charge in [0.1, 0.15) is 0 Å². The first-order chi connectivity index (χ1) is 17.1. The topological polar surface area (TPSA) is 52.6 Å². The molecule has 0 bridgehead atoms. The number of hydrogen-bond acceptors (Lipinski definition) is 4. The van der Waals surface area contributed by atoms with E-state index in [1.165, 1.54) is 12.8 Å². The second kappa shape index (κ2) is 19.9. The summed E-state index contributed by atoms with van der Waals surface area (Å²) in [5, 5.41) is 0. The largest absolute Gasteiger partial charge is 0.420 e. The lowest BCUT2D eigenvalue weighted by atomic mass is 10.2. The molecule has 0 heterocycles. The normalized spacial score (nSPS) is 9.11. The van der Waals surface area contributed by atoms with Gasteiger partial charge >= 0.3 is 11.9 Å². The minimum atomic E-state index is -2.30. The van der Waals surface area contributed by atoms with E-state index in [9.17, 15) is 49.1 Å². The molecule has 13 heteroatoms. The number of halogens is 9. The second-order valence-electron chi connectivity index (χ2n) is 6.30. The van der Waals surface area contributed by atoms with Crippen LogP contribution in [0.15, 0.2) is 6.07 Å². The average Bonchev–Trinajstić information content (AvgIpc) is 2.83. The summed E-state index contributed by atoms with van der Waals surface area (Å²) in [6, 6.07) is 0.0255. The summed E-state index contributed by atoms with van der Waals surface area (Å²) in [4.78, 5) is 20.7. The molecule has 0 aliphatic rings. The van der Waals surface area contributed by atoms with E-state index in [4.69, 9.17) is 0 Å². The third-order valence-corrected chi connectivity index (χ3v) is 2.73. The summed E-state index contributed by atoms with van der Waals surface area (Å²) in [6.45, 7) is 14.1. The molecule has 0 saturated carbocycles. The molecule has 0 radical (unpaired) electrons. The van der Waals surface area contributed by atoms with Crippen LogP contribution in [0.25, 0.3) is 0 Å². The smallest absolute Gasteiger partial charge is 0.308 e. The predicted molar refractivity (Wildman–Crippen MR) is 118 cm³/mol. The fourth-order valence-electron chi connectivity index (χ4n) is 1.60. The Kier molecular flexibility index (Phi) is 20.6. The van der Waals surface area contributed by atoms with Crippen molar-refractivity contribution < 1.29 is 58.6 Å². The van der Waals surface area contributed by atoms with Crippen molar-refractivity contribution in [1.29, 1.82) is 0 Å². The van der Waals surface area contributed by atoms with Gasteiger partial charge < -0.3 is 9.47 Å². The van der Waals surface area contributed by atoms with E-state index in [1.54, 1.807) is 0 Å². The molecule has 0 aliphatic carbocycles. The zero-order chi connectivity index (χ0) is 30.0. The molecule has 0 aliphatic heterocycles. The minimum absolute atomic E-state index is 0.0255. The maximum Gasteiger partial charge on any atom is 0.308 e. The van der Waals surface area contributed by atoms with E-state index < -0.39 is 75.8 Å². The molecule has 0 N–H and O–H groups in total. The van der Waals surface area contributed by atoms with Gasteiger partial charge in [0.05, 0.1) is 0 Å². The van der Waals surface area contributed by atoms with Gasteiger partial charge in [-0.25, -0.2) is 22.0 Å². The molecule has 0 amide bonds. The lowest BCUT2D eigenvalue weighted by molar-refractivity contribution is -0.133. The first-order valence-electron chi connectivity index (χ1n) is 10.8. The number of carbonyl (C=O) groups excluding carboxylic acids is 2. The van der Waals surface area contributed by atoms with Gasteiger partial charge in [-0.1, -0.05) is 54.4 Å². The molecular weight excluding hydrogens is 523 g/mol. The monoisotopic (exact) mass is 552 g/mol. The summed E-state index contributed by atoms with van der Waals surface area (Å²) in [7, 11) is 0. The van der Waals surface area contributed by atoms with Gasteiger partial charge in [0.25, 0.3) is 0 Å². The van der Waals surface area contributed by atoms with Crippen molar-refractivity contribution >= 4 is 11.9 Å². The summed E-state index contributed by atoms with van der Waals surface area (Å²) < 4.78 is 121. The molecule has 2 rings (SSSR count). The lowest BCUT2D eigenvalue weighted by Crippen LogP contribution is -2.10. The molecule has 2 aromatic rings. The van der Waals surface area contributed by atoms with Crippen molar-refractivity contribution in [3.8, 4) is 11.5 Å². The van der Waals surface area contributed by atoms with E-state index in [2.05, 4.69) is 37.2 Å². The minimum Gasteiger partial charge on any atom is -0.420 e. The van der Waals surface area contributed by atoms with E-state index in [0.717, 1.165) is 13.8 Å². The van der Waals surface area contributed by atoms with Gasteiger partial charge in [-0.05, 0) is 0 Å². The third-order valence-electron chi connectivity index (χ3n) is 2.73. The van der Waals surface area contributed by atoms with Crippen LogP contribution in [0.2, 0.25) is 0 Å². The van der Waals surface area contributed by atoms with Gasteiger partial charge in [0.2, 0.25) is 52.2 Å². The van der Waals surface area contributed by atoms with Crippen molar-refractivity contribution in [3.63, 3.8) is 0 Å². The summed E-state index contributed by atoms with van der Waals surface area (Å²) in [5.74, 6) is -22.9. The summed E-state index contributed by atoms with van der Waals surface area (Å²) >= 11 is 0. The molecule has 0 saturated heterocycles. The molecule has 0 spiro atoms. The Labute approximate surface area is 209 Å². The van der Waals surface area contributed by atoms with Crippen LogP contribution >= 0.6 is 0 Å². The molecular formula is C24H29F9O4. The number of rotatable bonds is 2. The highest BCUT2D eigenvalue weighted by molar-refractivity contribution is 5.69. The van der Waals surface area contributed by atoms with Crippen LogP contribution in [0.3, 0.4) is 0 Å². The Morgan fingerprint density at radius 1 is 0.541 bits per heavy atom. The highest BCUT2D eigenvalue weighted by Crippen LogP contribution is 2.29. The SMILES string of the molecule is CC.CC(=O)Oc1c(F)c(F)c(F)c(F)c1F.CC(=O)Oc1c(F)c(F)cc(F)c1F.CCC.CCC. The Morgan fingerprint density at radius 3 is 1.00 bits per heavy atom. The third kappa shape index (κ3) is 13.0. The van der Waals surface area contributed by atoms with Crippen molar-refractivity contribution in [1.82, 2.24) is 0 Å². The highest BCUT2D eigenvalue weighted by Gasteiger charge is 2.27. The number of carbonyl (C=O) groups is 2. The summed E-state index contributed by atoms with van der Waals surface area (Å²) in [6.07, 6.45) is 2.50. The van der Waals surface area contributed by atoms with E-state index in [1.807, 2.05) is 13.8 Å². The molecule has 37 heavy (non-hydrogen) atoms. The van der Waals surface area contributed by atoms with Gasteiger partial charge in [0, 0.05) is 19.9 Å². The highest BCUT2D eigenvalue weighted by atomic mass is 19.2. The molecule has 4 nitrogen and oxygen atoms in total. The first-order valence-corrected chi connectivity index (χ1v) is 10.8. The zero-order valence-corrected chi connectivity index (χ0v) is 21.5. The Bertz CT molecular complexity index is 955. The fraction of sp³-hybridized carbons (Fsp3) is 0.417. The maximum absolute atomic E-state index is 12.8. The molecule has 2 aromatic carbocycles. The molecule has 0 atom stereocenters. The number of benzene rings is 2. The lowest BCUT2D eigenvalue weighted by Gasteiger charge is -2.06. The van der Waals surface area contributed by atoms with Crippen LogP contribution in [0.1, 0.15) is 68.2 Å². The Hall–Kier alpha value is -3.25. The zero-order valence-electron chi connectivity index (χ0n) is 21.5. The van der Waals surface area contributed by atoms with Crippen LogP contribution in [-0.4, -0.2) is 11.9 Å². The van der Waals surface area contributed by atoms with Crippen molar-refractivity contribution in [2.75, 3.05) is 0 Å². The fourth-order valence-corrected chi connectivity index (χ4v) is 1.60. The molecule has 212 valence electrons.